The van der Waals surface area contributed by atoms with Gasteiger partial charge in [0.15, 0.2) is 0 Å². The Morgan fingerprint density at radius 2 is 1.32 bits per heavy atom. The molecule has 0 aliphatic carbocycles. The van der Waals surface area contributed by atoms with Crippen molar-refractivity contribution in [3.63, 3.8) is 0 Å². The van der Waals surface area contributed by atoms with Gasteiger partial charge in [0.2, 0.25) is 0 Å². The maximum absolute atomic E-state index is 4.78. The van der Waals surface area contributed by atoms with E-state index in [-0.39, 0.29) is 0 Å². The van der Waals surface area contributed by atoms with Gasteiger partial charge in [-0.3, -0.25) is 4.98 Å². The summed E-state index contributed by atoms with van der Waals surface area (Å²) >= 11 is 1.89. The lowest BCUT2D eigenvalue weighted by Crippen LogP contribution is -1.82. The van der Waals surface area contributed by atoms with Gasteiger partial charge in [-0.05, 0) is 57.6 Å². The lowest BCUT2D eigenvalue weighted by atomic mass is 10.0. The number of hydrogen-bond donors (Lipinski definition) is 0. The summed E-state index contributed by atoms with van der Waals surface area (Å²) in [6.07, 6.45) is 1.93. The highest BCUT2D eigenvalue weighted by atomic mass is 32.1. The van der Waals surface area contributed by atoms with Gasteiger partial charge in [-0.15, -0.1) is 11.3 Å². The normalized spacial score (nSPS) is 12.1. The first-order valence-corrected chi connectivity index (χ1v) is 13.6. The summed E-state index contributed by atoms with van der Waals surface area (Å²) in [5.41, 5.74) is 3.63. The van der Waals surface area contributed by atoms with Crippen LogP contribution in [0.1, 0.15) is 0 Å². The van der Waals surface area contributed by atoms with Gasteiger partial charge in [-0.2, -0.15) is 0 Å². The molecule has 4 aromatic carbocycles. The number of thiophene rings is 1. The van der Waals surface area contributed by atoms with E-state index in [9.17, 15) is 0 Å². The Hall–Kier alpha value is -3.71. The number of pyridine rings is 1. The van der Waals surface area contributed by atoms with Crippen molar-refractivity contribution in [1.29, 1.82) is 0 Å². The molecular formula is C31H20NPS. The summed E-state index contributed by atoms with van der Waals surface area (Å²) in [5.74, 6) is 0. The molecule has 0 bridgehead atoms. The van der Waals surface area contributed by atoms with E-state index < -0.39 is 7.53 Å². The molecule has 34 heavy (non-hydrogen) atoms. The van der Waals surface area contributed by atoms with E-state index in [1.807, 2.05) is 17.5 Å². The van der Waals surface area contributed by atoms with Crippen LogP contribution < -0.4 is 0 Å². The zero-order valence-electron chi connectivity index (χ0n) is 18.3. The van der Waals surface area contributed by atoms with Gasteiger partial charge >= 0.3 is 0 Å². The Morgan fingerprint density at radius 1 is 0.559 bits per heavy atom. The Balaban J connectivity index is 1.47. The number of benzene rings is 4. The highest BCUT2D eigenvalue weighted by Crippen LogP contribution is 2.58. The molecule has 1 atom stereocenters. The molecule has 1 nitrogen and oxygen atoms in total. The van der Waals surface area contributed by atoms with Crippen LogP contribution in [0.15, 0.2) is 121 Å². The summed E-state index contributed by atoms with van der Waals surface area (Å²) in [6, 6.07) is 41.8. The van der Waals surface area contributed by atoms with Crippen molar-refractivity contribution in [1.82, 2.24) is 4.98 Å². The molecule has 160 valence electrons. The molecule has 7 aromatic rings. The highest BCUT2D eigenvalue weighted by molar-refractivity contribution is 7.73. The Morgan fingerprint density at radius 3 is 2.24 bits per heavy atom. The van der Waals surface area contributed by atoms with Crippen molar-refractivity contribution in [3.05, 3.63) is 121 Å². The summed E-state index contributed by atoms with van der Waals surface area (Å²) in [4.78, 5) is 6.01. The fourth-order valence-electron chi connectivity index (χ4n) is 4.91. The van der Waals surface area contributed by atoms with Gasteiger partial charge in [-0.1, -0.05) is 92.5 Å². The van der Waals surface area contributed by atoms with Crippen molar-refractivity contribution < 1.29 is 0 Å². The van der Waals surface area contributed by atoms with Gasteiger partial charge in [0, 0.05) is 21.8 Å². The van der Waals surface area contributed by atoms with Gasteiger partial charge in [0.1, 0.15) is 0 Å². The van der Waals surface area contributed by atoms with Crippen LogP contribution in [-0.2, 0) is 0 Å². The zero-order chi connectivity index (χ0) is 22.5. The third-order valence-corrected chi connectivity index (χ3v) is 10.5. The first-order valence-electron chi connectivity index (χ1n) is 11.4. The molecule has 1 unspecified atom stereocenters. The second kappa shape index (κ2) is 7.95. The van der Waals surface area contributed by atoms with Crippen molar-refractivity contribution in [2.75, 3.05) is 0 Å². The fraction of sp³-hybridized carbons (Fsp3) is 0. The van der Waals surface area contributed by atoms with Gasteiger partial charge < -0.3 is 0 Å². The first-order chi connectivity index (χ1) is 16.9. The molecule has 0 amide bonds. The lowest BCUT2D eigenvalue weighted by Gasteiger charge is -2.05. The monoisotopic (exact) mass is 469 g/mol. The molecule has 0 fully saturated rings. The molecule has 0 saturated carbocycles. The van der Waals surface area contributed by atoms with Gasteiger partial charge in [0.05, 0.1) is 15.2 Å². The van der Waals surface area contributed by atoms with Crippen LogP contribution in [0, 0.1) is 0 Å². The van der Waals surface area contributed by atoms with Crippen LogP contribution in [0.25, 0.3) is 58.1 Å². The topological polar surface area (TPSA) is 12.9 Å². The number of nitrogens with zero attached hydrogens (tertiary/aromatic N) is 1. The van der Waals surface area contributed by atoms with Crippen molar-refractivity contribution in [3.8, 4) is 26.3 Å². The Kier molecular flexibility index (Phi) is 4.62. The largest absolute Gasteiger partial charge is 0.255 e. The third kappa shape index (κ3) is 3.11. The van der Waals surface area contributed by atoms with E-state index in [1.165, 1.54) is 52.4 Å². The number of aromatic nitrogens is 1. The highest BCUT2D eigenvalue weighted by Gasteiger charge is 2.17. The van der Waals surface area contributed by atoms with Crippen LogP contribution in [0.4, 0.5) is 0 Å². The zero-order valence-corrected chi connectivity index (χ0v) is 20.1. The molecule has 0 radical (unpaired) electrons. The molecule has 0 spiro atoms. The van der Waals surface area contributed by atoms with E-state index in [4.69, 9.17) is 4.98 Å². The SMILES string of the molecule is c1ccc(-c2ccc3c4ccccc4p(-c4ccc(-c5nccc6ccccc56)s4)c3c2)cc1. The predicted octanol–water partition coefficient (Wildman–Crippen LogP) is 9.91. The Bertz CT molecular complexity index is 1810. The smallest absolute Gasteiger partial charge is 0.0880 e. The van der Waals surface area contributed by atoms with Crippen LogP contribution in [0.5, 0.6) is 0 Å². The van der Waals surface area contributed by atoms with Crippen LogP contribution in [-0.4, -0.2) is 4.98 Å². The van der Waals surface area contributed by atoms with Crippen molar-refractivity contribution in [2.45, 2.75) is 0 Å². The molecule has 3 heteroatoms. The molecule has 0 aliphatic heterocycles. The molecule has 0 saturated heterocycles. The molecule has 7 rings (SSSR count). The molecule has 0 aliphatic rings. The average molecular weight is 470 g/mol. The molecule has 0 N–H and O–H groups in total. The van der Waals surface area contributed by atoms with Crippen molar-refractivity contribution in [2.24, 2.45) is 0 Å². The summed E-state index contributed by atoms with van der Waals surface area (Å²) < 4.78 is 1.43. The minimum Gasteiger partial charge on any atom is -0.255 e. The number of rotatable bonds is 3. The fourth-order valence-corrected chi connectivity index (χ4v) is 9.25. The van der Waals surface area contributed by atoms with Crippen LogP contribution in [0.2, 0.25) is 0 Å². The summed E-state index contributed by atoms with van der Waals surface area (Å²) in [7, 11) is -0.600. The van der Waals surface area contributed by atoms with E-state index in [0.717, 1.165) is 5.69 Å². The van der Waals surface area contributed by atoms with E-state index >= 15 is 0 Å². The summed E-state index contributed by atoms with van der Waals surface area (Å²) in [6.45, 7) is 0. The maximum Gasteiger partial charge on any atom is 0.0880 e. The summed E-state index contributed by atoms with van der Waals surface area (Å²) in [5, 5.41) is 8.11. The quantitative estimate of drug-likeness (QED) is 0.251. The number of hydrogen-bond acceptors (Lipinski definition) is 2. The maximum atomic E-state index is 4.78. The van der Waals surface area contributed by atoms with E-state index in [0.29, 0.717) is 0 Å². The first kappa shape index (κ1) is 19.7. The Labute approximate surface area is 203 Å². The molecular weight excluding hydrogens is 449 g/mol. The third-order valence-electron chi connectivity index (χ3n) is 6.50. The van der Waals surface area contributed by atoms with Gasteiger partial charge in [-0.25, -0.2) is 0 Å². The van der Waals surface area contributed by atoms with Crippen molar-refractivity contribution >= 4 is 50.7 Å². The standard InChI is InChI=1S/C31H20NPS/c1-2-8-21(9-3-1)23-14-15-26-25-12-6-7-13-27(25)33(28(26)20-23)30-17-16-29(34-30)31-24-11-5-4-10-22(24)18-19-32-31/h1-20H. The van der Waals surface area contributed by atoms with Gasteiger partial charge in [0.25, 0.3) is 0 Å². The lowest BCUT2D eigenvalue weighted by molar-refractivity contribution is 1.37. The number of fused-ring (bicyclic) bond motifs is 4. The minimum absolute atomic E-state index is 0.600. The van der Waals surface area contributed by atoms with E-state index in [1.54, 1.807) is 0 Å². The van der Waals surface area contributed by atoms with Crippen LogP contribution in [0.3, 0.4) is 0 Å². The predicted molar refractivity (Wildman–Crippen MR) is 150 cm³/mol. The van der Waals surface area contributed by atoms with E-state index in [2.05, 4.69) is 115 Å². The molecule has 3 heterocycles. The second-order valence-electron chi connectivity index (χ2n) is 8.47. The van der Waals surface area contributed by atoms with Crippen LogP contribution >= 0.6 is 18.9 Å². The molecule has 3 aromatic heterocycles. The second-order valence-corrected chi connectivity index (χ2v) is 12.0. The minimum atomic E-state index is -0.600. The average Bonchev–Trinajstić information content (AvgIpc) is 3.51.